The van der Waals surface area contributed by atoms with Crippen molar-refractivity contribution < 1.29 is 9.90 Å². The van der Waals surface area contributed by atoms with E-state index >= 15 is 0 Å². The molecule has 0 saturated carbocycles. The van der Waals surface area contributed by atoms with Crippen LogP contribution in [-0.4, -0.2) is 46.9 Å². The van der Waals surface area contributed by atoms with E-state index in [4.69, 9.17) is 5.11 Å². The van der Waals surface area contributed by atoms with Gasteiger partial charge in [-0.1, -0.05) is 11.3 Å². The summed E-state index contributed by atoms with van der Waals surface area (Å²) in [6, 6.07) is -0.365. The molecule has 2 aliphatic rings. The van der Waals surface area contributed by atoms with E-state index < -0.39 is 5.97 Å². The van der Waals surface area contributed by atoms with Gasteiger partial charge in [0, 0.05) is 19.6 Å². The first kappa shape index (κ1) is 12.8. The van der Waals surface area contributed by atoms with Gasteiger partial charge in [0.1, 0.15) is 11.0 Å². The summed E-state index contributed by atoms with van der Waals surface area (Å²) in [5, 5.41) is 22.4. The maximum atomic E-state index is 11.0. The molecule has 6 nitrogen and oxygen atoms in total. The first-order valence-electron chi connectivity index (χ1n) is 6.59. The molecule has 1 aromatic rings. The zero-order valence-electron chi connectivity index (χ0n) is 10.9. The lowest BCUT2D eigenvalue weighted by Gasteiger charge is -2.38. The number of hydrogen-bond acceptors (Lipinski definition) is 6. The van der Waals surface area contributed by atoms with E-state index in [2.05, 4.69) is 20.4 Å². The number of aromatic nitrogens is 2. The van der Waals surface area contributed by atoms with E-state index in [1.165, 1.54) is 0 Å². The summed E-state index contributed by atoms with van der Waals surface area (Å²) in [5.74, 6) is -0.723. The van der Waals surface area contributed by atoms with E-state index in [0.29, 0.717) is 0 Å². The van der Waals surface area contributed by atoms with E-state index in [0.717, 1.165) is 49.0 Å². The number of aliphatic carboxylic acids is 1. The van der Waals surface area contributed by atoms with E-state index in [1.807, 2.05) is 6.92 Å². The molecule has 0 radical (unpaired) electrons. The van der Waals surface area contributed by atoms with Crippen molar-refractivity contribution in [2.75, 3.05) is 24.5 Å². The standard InChI is InChI=1S/C12H18N4O2S/c1-8-14-15-11(19-8)16-4-2-12(3-5-16)6-9(10(17)18)13-7-12/h9,13H,2-7H2,1H3,(H,17,18)/t9-/m1/s1. The second-order valence-electron chi connectivity index (χ2n) is 5.57. The molecule has 2 saturated heterocycles. The van der Waals surface area contributed by atoms with Gasteiger partial charge in [-0.05, 0) is 31.6 Å². The Kier molecular flexibility index (Phi) is 3.18. The Morgan fingerprint density at radius 3 is 2.74 bits per heavy atom. The second-order valence-corrected chi connectivity index (χ2v) is 6.73. The first-order valence-corrected chi connectivity index (χ1v) is 7.41. The number of nitrogens with zero attached hydrogens (tertiary/aromatic N) is 3. The number of aryl methyl sites for hydroxylation is 1. The van der Waals surface area contributed by atoms with Gasteiger partial charge in [-0.15, -0.1) is 10.2 Å². The quantitative estimate of drug-likeness (QED) is 0.838. The summed E-state index contributed by atoms with van der Waals surface area (Å²) < 4.78 is 0. The number of carbonyl (C=O) groups is 1. The van der Waals surface area contributed by atoms with Gasteiger partial charge in [0.15, 0.2) is 0 Å². The molecule has 0 aliphatic carbocycles. The van der Waals surface area contributed by atoms with E-state index in [1.54, 1.807) is 11.3 Å². The van der Waals surface area contributed by atoms with Crippen LogP contribution >= 0.6 is 11.3 Å². The van der Waals surface area contributed by atoms with Gasteiger partial charge >= 0.3 is 5.97 Å². The Balaban J connectivity index is 1.62. The Morgan fingerprint density at radius 2 is 2.21 bits per heavy atom. The lowest BCUT2D eigenvalue weighted by atomic mass is 9.77. The molecule has 7 heteroatoms. The van der Waals surface area contributed by atoms with Gasteiger partial charge in [-0.2, -0.15) is 0 Å². The highest BCUT2D eigenvalue weighted by Gasteiger charge is 2.43. The average Bonchev–Trinajstić information content (AvgIpc) is 2.98. The van der Waals surface area contributed by atoms with Crippen LogP contribution in [0.3, 0.4) is 0 Å². The number of anilines is 1. The van der Waals surface area contributed by atoms with Crippen molar-refractivity contribution in [2.24, 2.45) is 5.41 Å². The topological polar surface area (TPSA) is 78.4 Å². The Bertz CT molecular complexity index is 482. The summed E-state index contributed by atoms with van der Waals surface area (Å²) in [6.45, 7) is 4.68. The number of carboxylic acid groups (broad SMARTS) is 1. The molecule has 0 unspecified atom stereocenters. The number of hydrogen-bond donors (Lipinski definition) is 2. The number of nitrogens with one attached hydrogen (secondary N) is 1. The van der Waals surface area contributed by atoms with Crippen LogP contribution in [0.15, 0.2) is 0 Å². The molecule has 0 bridgehead atoms. The number of carboxylic acids is 1. The summed E-state index contributed by atoms with van der Waals surface area (Å²) >= 11 is 1.62. The van der Waals surface area contributed by atoms with Crippen molar-refractivity contribution >= 4 is 22.4 Å². The van der Waals surface area contributed by atoms with E-state index in [-0.39, 0.29) is 11.5 Å². The molecular formula is C12H18N4O2S. The molecule has 1 spiro atoms. The maximum absolute atomic E-state index is 11.0. The minimum atomic E-state index is -0.723. The highest BCUT2D eigenvalue weighted by molar-refractivity contribution is 7.15. The summed E-state index contributed by atoms with van der Waals surface area (Å²) in [7, 11) is 0. The highest BCUT2D eigenvalue weighted by Crippen LogP contribution is 2.40. The molecule has 2 fully saturated rings. The van der Waals surface area contributed by atoms with Gasteiger partial charge in [0.25, 0.3) is 0 Å². The molecule has 1 atom stereocenters. The fraction of sp³-hybridized carbons (Fsp3) is 0.750. The van der Waals surface area contributed by atoms with Crippen LogP contribution in [0.5, 0.6) is 0 Å². The lowest BCUT2D eigenvalue weighted by Crippen LogP contribution is -2.41. The predicted molar refractivity (Wildman–Crippen MR) is 72.6 cm³/mol. The van der Waals surface area contributed by atoms with Gasteiger partial charge in [-0.3, -0.25) is 4.79 Å². The molecule has 0 amide bonds. The first-order chi connectivity index (χ1) is 9.08. The van der Waals surface area contributed by atoms with Crippen molar-refractivity contribution in [3.8, 4) is 0 Å². The molecule has 3 heterocycles. The summed E-state index contributed by atoms with van der Waals surface area (Å²) in [5.41, 5.74) is 0.166. The van der Waals surface area contributed by atoms with Crippen molar-refractivity contribution in [1.29, 1.82) is 0 Å². The zero-order chi connectivity index (χ0) is 13.5. The molecule has 1 aromatic heterocycles. The molecule has 104 valence electrons. The third-order valence-electron chi connectivity index (χ3n) is 4.27. The molecule has 2 N–H and O–H groups in total. The number of rotatable bonds is 2. The fourth-order valence-electron chi connectivity index (χ4n) is 3.06. The predicted octanol–water partition coefficient (Wildman–Crippen LogP) is 0.880. The summed E-state index contributed by atoms with van der Waals surface area (Å²) in [6.07, 6.45) is 2.82. The smallest absolute Gasteiger partial charge is 0.320 e. The van der Waals surface area contributed by atoms with Crippen molar-refractivity contribution in [3.63, 3.8) is 0 Å². The van der Waals surface area contributed by atoms with Crippen LogP contribution < -0.4 is 10.2 Å². The van der Waals surface area contributed by atoms with Crippen LogP contribution in [0.1, 0.15) is 24.3 Å². The molecule has 19 heavy (non-hydrogen) atoms. The van der Waals surface area contributed by atoms with Crippen LogP contribution in [0.4, 0.5) is 5.13 Å². The zero-order valence-corrected chi connectivity index (χ0v) is 11.7. The van der Waals surface area contributed by atoms with Crippen LogP contribution in [0.2, 0.25) is 0 Å². The average molecular weight is 282 g/mol. The van der Waals surface area contributed by atoms with Crippen molar-refractivity contribution in [2.45, 2.75) is 32.2 Å². The van der Waals surface area contributed by atoms with E-state index in [9.17, 15) is 4.79 Å². The Labute approximate surface area is 115 Å². The van der Waals surface area contributed by atoms with Crippen molar-refractivity contribution in [1.82, 2.24) is 15.5 Å². The molecular weight excluding hydrogens is 264 g/mol. The Morgan fingerprint density at radius 1 is 1.47 bits per heavy atom. The molecule has 2 aliphatic heterocycles. The minimum Gasteiger partial charge on any atom is -0.480 e. The summed E-state index contributed by atoms with van der Waals surface area (Å²) in [4.78, 5) is 13.3. The third-order valence-corrected chi connectivity index (χ3v) is 5.17. The third kappa shape index (κ3) is 2.44. The monoisotopic (exact) mass is 282 g/mol. The van der Waals surface area contributed by atoms with Gasteiger partial charge < -0.3 is 15.3 Å². The van der Waals surface area contributed by atoms with Gasteiger partial charge in [0.05, 0.1) is 0 Å². The minimum absolute atomic E-state index is 0.166. The largest absolute Gasteiger partial charge is 0.480 e. The maximum Gasteiger partial charge on any atom is 0.320 e. The second kappa shape index (κ2) is 4.72. The molecule has 0 aromatic carbocycles. The van der Waals surface area contributed by atoms with Gasteiger partial charge in [0.2, 0.25) is 5.13 Å². The van der Waals surface area contributed by atoms with Crippen molar-refractivity contribution in [3.05, 3.63) is 5.01 Å². The van der Waals surface area contributed by atoms with Crippen LogP contribution in [-0.2, 0) is 4.79 Å². The van der Waals surface area contributed by atoms with Gasteiger partial charge in [-0.25, -0.2) is 0 Å². The molecule has 3 rings (SSSR count). The number of piperidine rings is 1. The van der Waals surface area contributed by atoms with Crippen LogP contribution in [0, 0.1) is 12.3 Å². The normalized spacial score (nSPS) is 25.9. The fourth-order valence-corrected chi connectivity index (χ4v) is 3.80. The Hall–Kier alpha value is -1.21. The SMILES string of the molecule is Cc1nnc(N2CCC3(CC2)CN[C@@H](C(=O)O)C3)s1. The van der Waals surface area contributed by atoms with Crippen LogP contribution in [0.25, 0.3) is 0 Å². The highest BCUT2D eigenvalue weighted by atomic mass is 32.1. The lowest BCUT2D eigenvalue weighted by molar-refractivity contribution is -0.139.